The van der Waals surface area contributed by atoms with Crippen LogP contribution in [0.4, 0.5) is 5.95 Å². The van der Waals surface area contributed by atoms with E-state index in [1.54, 1.807) is 6.20 Å². The van der Waals surface area contributed by atoms with Gasteiger partial charge in [-0.25, -0.2) is 9.97 Å². The molecule has 0 aliphatic rings. The molecule has 92 valence electrons. The van der Waals surface area contributed by atoms with Gasteiger partial charge in [0.25, 0.3) is 0 Å². The quantitative estimate of drug-likeness (QED) is 0.857. The second kappa shape index (κ2) is 5.03. The fraction of sp³-hybridized carbons (Fsp3) is 0.500. The van der Waals surface area contributed by atoms with Crippen molar-refractivity contribution in [3.63, 3.8) is 0 Å². The third-order valence-corrected chi connectivity index (χ3v) is 2.60. The normalized spacial score (nSPS) is 11.1. The average molecular weight is 233 g/mol. The van der Waals surface area contributed by atoms with E-state index < -0.39 is 0 Å². The van der Waals surface area contributed by atoms with Gasteiger partial charge in [0.15, 0.2) is 0 Å². The molecular formula is C12H19N5. The second-order valence-corrected chi connectivity index (χ2v) is 4.60. The lowest BCUT2D eigenvalue weighted by Crippen LogP contribution is -2.12. The highest BCUT2D eigenvalue weighted by molar-refractivity contribution is 5.26. The van der Waals surface area contributed by atoms with E-state index in [9.17, 15) is 0 Å². The summed E-state index contributed by atoms with van der Waals surface area (Å²) in [5.41, 5.74) is 0. The molecule has 0 aliphatic carbocycles. The van der Waals surface area contributed by atoms with Gasteiger partial charge in [-0.2, -0.15) is 0 Å². The van der Waals surface area contributed by atoms with Gasteiger partial charge >= 0.3 is 0 Å². The molecule has 1 N–H and O–H groups in total. The fourth-order valence-corrected chi connectivity index (χ4v) is 1.74. The van der Waals surface area contributed by atoms with E-state index in [0.717, 1.165) is 18.3 Å². The van der Waals surface area contributed by atoms with Gasteiger partial charge in [0.1, 0.15) is 5.82 Å². The van der Waals surface area contributed by atoms with Crippen LogP contribution in [-0.2, 0) is 20.1 Å². The standard InChI is InChI=1S/C12H19N5/c1-10(2)9-17-7-5-14-12(17)15-8-11-13-4-6-16(11)3/h4-7,10H,8-9H2,1-3H3,(H,14,15). The number of nitrogens with one attached hydrogen (secondary N) is 1. The van der Waals surface area contributed by atoms with Crippen molar-refractivity contribution in [2.75, 3.05) is 5.32 Å². The molecule has 0 bridgehead atoms. The molecule has 0 amide bonds. The van der Waals surface area contributed by atoms with Crippen molar-refractivity contribution in [3.8, 4) is 0 Å². The van der Waals surface area contributed by atoms with Crippen molar-refractivity contribution < 1.29 is 0 Å². The van der Waals surface area contributed by atoms with Crippen LogP contribution in [0.25, 0.3) is 0 Å². The van der Waals surface area contributed by atoms with Gasteiger partial charge < -0.3 is 14.5 Å². The summed E-state index contributed by atoms with van der Waals surface area (Å²) >= 11 is 0. The smallest absolute Gasteiger partial charge is 0.203 e. The molecule has 0 saturated heterocycles. The summed E-state index contributed by atoms with van der Waals surface area (Å²) in [5.74, 6) is 2.52. The first-order chi connectivity index (χ1) is 8.16. The highest BCUT2D eigenvalue weighted by atomic mass is 15.2. The molecule has 0 saturated carbocycles. The monoisotopic (exact) mass is 233 g/mol. The summed E-state index contributed by atoms with van der Waals surface area (Å²) in [6.45, 7) is 6.06. The van der Waals surface area contributed by atoms with Crippen LogP contribution in [0.2, 0.25) is 0 Å². The topological polar surface area (TPSA) is 47.7 Å². The molecule has 0 spiro atoms. The minimum absolute atomic E-state index is 0.609. The zero-order valence-electron chi connectivity index (χ0n) is 10.6. The first-order valence-corrected chi connectivity index (χ1v) is 5.88. The van der Waals surface area contributed by atoms with Crippen LogP contribution >= 0.6 is 0 Å². The Morgan fingerprint density at radius 3 is 2.65 bits per heavy atom. The SMILES string of the molecule is CC(C)Cn1ccnc1NCc1nccn1C. The molecule has 0 fully saturated rings. The third-order valence-electron chi connectivity index (χ3n) is 2.60. The Balaban J connectivity index is 1.99. The summed E-state index contributed by atoms with van der Waals surface area (Å²) in [7, 11) is 1.99. The van der Waals surface area contributed by atoms with Gasteiger partial charge in [0, 0.05) is 38.4 Å². The summed E-state index contributed by atoms with van der Waals surface area (Å²) in [6, 6.07) is 0. The predicted octanol–water partition coefficient (Wildman–Crippen LogP) is 1.88. The fourth-order valence-electron chi connectivity index (χ4n) is 1.74. The molecule has 0 radical (unpaired) electrons. The van der Waals surface area contributed by atoms with E-state index in [4.69, 9.17) is 0 Å². The van der Waals surface area contributed by atoms with E-state index >= 15 is 0 Å². The molecule has 0 atom stereocenters. The zero-order valence-corrected chi connectivity index (χ0v) is 10.6. The molecule has 17 heavy (non-hydrogen) atoms. The number of imidazole rings is 2. The van der Waals surface area contributed by atoms with Crippen molar-refractivity contribution in [2.24, 2.45) is 13.0 Å². The van der Waals surface area contributed by atoms with E-state index in [2.05, 4.69) is 33.7 Å². The lowest BCUT2D eigenvalue weighted by atomic mass is 10.2. The molecule has 0 unspecified atom stereocenters. The predicted molar refractivity (Wildman–Crippen MR) is 67.6 cm³/mol. The van der Waals surface area contributed by atoms with Crippen LogP contribution in [0, 0.1) is 5.92 Å². The van der Waals surface area contributed by atoms with Crippen molar-refractivity contribution in [2.45, 2.75) is 26.9 Å². The van der Waals surface area contributed by atoms with Gasteiger partial charge in [-0.15, -0.1) is 0 Å². The van der Waals surface area contributed by atoms with Crippen LogP contribution < -0.4 is 5.32 Å². The molecule has 0 aromatic carbocycles. The van der Waals surface area contributed by atoms with Crippen LogP contribution in [0.1, 0.15) is 19.7 Å². The number of aryl methyl sites for hydroxylation is 1. The number of nitrogens with zero attached hydrogens (tertiary/aromatic N) is 4. The zero-order chi connectivity index (χ0) is 12.3. The molecule has 2 aromatic heterocycles. The van der Waals surface area contributed by atoms with E-state index in [-0.39, 0.29) is 0 Å². The largest absolute Gasteiger partial charge is 0.348 e. The first kappa shape index (κ1) is 11.7. The van der Waals surface area contributed by atoms with Gasteiger partial charge in [0.05, 0.1) is 6.54 Å². The summed E-state index contributed by atoms with van der Waals surface area (Å²) < 4.78 is 4.14. The molecule has 2 aromatic rings. The lowest BCUT2D eigenvalue weighted by molar-refractivity contribution is 0.526. The van der Waals surface area contributed by atoms with Crippen LogP contribution in [0.15, 0.2) is 24.8 Å². The highest BCUT2D eigenvalue weighted by Gasteiger charge is 2.05. The van der Waals surface area contributed by atoms with Gasteiger partial charge in [0.2, 0.25) is 5.95 Å². The Morgan fingerprint density at radius 1 is 1.24 bits per heavy atom. The van der Waals surface area contributed by atoms with E-state index in [1.165, 1.54) is 0 Å². The molecule has 2 rings (SSSR count). The van der Waals surface area contributed by atoms with Gasteiger partial charge in [-0.1, -0.05) is 13.8 Å². The van der Waals surface area contributed by atoms with Crippen LogP contribution in [0.5, 0.6) is 0 Å². The Morgan fingerprint density at radius 2 is 2.00 bits per heavy atom. The Hall–Kier alpha value is -1.78. The number of hydrogen-bond acceptors (Lipinski definition) is 3. The number of anilines is 1. The maximum absolute atomic E-state index is 4.31. The summed E-state index contributed by atoms with van der Waals surface area (Å²) in [4.78, 5) is 8.58. The van der Waals surface area contributed by atoms with Crippen LogP contribution in [0.3, 0.4) is 0 Å². The average Bonchev–Trinajstić information content (AvgIpc) is 2.84. The Bertz CT molecular complexity index is 469. The highest BCUT2D eigenvalue weighted by Crippen LogP contribution is 2.09. The van der Waals surface area contributed by atoms with E-state index in [1.807, 2.05) is 30.2 Å². The van der Waals surface area contributed by atoms with Gasteiger partial charge in [-0.05, 0) is 5.92 Å². The molecular weight excluding hydrogens is 214 g/mol. The van der Waals surface area contributed by atoms with Crippen molar-refractivity contribution >= 4 is 5.95 Å². The second-order valence-electron chi connectivity index (χ2n) is 4.60. The first-order valence-electron chi connectivity index (χ1n) is 5.88. The van der Waals surface area contributed by atoms with Crippen molar-refractivity contribution in [3.05, 3.63) is 30.6 Å². The Labute approximate surface area is 102 Å². The van der Waals surface area contributed by atoms with Crippen molar-refractivity contribution in [1.82, 2.24) is 19.1 Å². The lowest BCUT2D eigenvalue weighted by Gasteiger charge is -2.11. The minimum Gasteiger partial charge on any atom is -0.348 e. The third kappa shape index (κ3) is 2.87. The number of rotatable bonds is 5. The maximum Gasteiger partial charge on any atom is 0.203 e. The molecule has 5 nitrogen and oxygen atoms in total. The molecule has 5 heteroatoms. The number of aromatic nitrogens is 4. The maximum atomic E-state index is 4.31. The van der Waals surface area contributed by atoms with E-state index in [0.29, 0.717) is 12.5 Å². The summed E-state index contributed by atoms with van der Waals surface area (Å²) in [6.07, 6.45) is 7.57. The molecule has 2 heterocycles. The Kier molecular flexibility index (Phi) is 3.46. The van der Waals surface area contributed by atoms with Gasteiger partial charge in [-0.3, -0.25) is 0 Å². The van der Waals surface area contributed by atoms with Crippen molar-refractivity contribution in [1.29, 1.82) is 0 Å². The number of hydrogen-bond donors (Lipinski definition) is 1. The van der Waals surface area contributed by atoms with Crippen LogP contribution in [-0.4, -0.2) is 19.1 Å². The molecule has 0 aliphatic heterocycles. The summed E-state index contributed by atoms with van der Waals surface area (Å²) in [5, 5.41) is 3.31. The minimum atomic E-state index is 0.609.